The van der Waals surface area contributed by atoms with Crippen LogP contribution in [0.3, 0.4) is 0 Å². The van der Waals surface area contributed by atoms with Crippen LogP contribution in [0.15, 0.2) is 12.1 Å². The summed E-state index contributed by atoms with van der Waals surface area (Å²) in [7, 11) is 0. The van der Waals surface area contributed by atoms with E-state index in [-0.39, 0.29) is 11.3 Å². The second-order valence-electron chi connectivity index (χ2n) is 5.04. The normalized spacial score (nSPS) is 18.3. The highest BCUT2D eigenvalue weighted by Gasteiger charge is 2.36. The topological polar surface area (TPSA) is 32.3 Å². The van der Waals surface area contributed by atoms with Gasteiger partial charge in [0.25, 0.3) is 0 Å². The molecule has 1 aliphatic rings. The number of carbonyl (C=O) groups is 1. The highest BCUT2D eigenvalue weighted by Crippen LogP contribution is 2.25. The number of aryl methyl sites for hydroxylation is 1. The molecule has 0 unspecified atom stereocenters. The number of rotatable bonds is 3. The molecular formula is C13H20N2OS. The van der Waals surface area contributed by atoms with Gasteiger partial charge in [-0.3, -0.25) is 9.69 Å². The Morgan fingerprint density at radius 3 is 2.53 bits per heavy atom. The molecule has 0 spiro atoms. The third-order valence-corrected chi connectivity index (χ3v) is 4.43. The molecule has 1 aliphatic heterocycles. The van der Waals surface area contributed by atoms with Gasteiger partial charge in [0, 0.05) is 31.1 Å². The Morgan fingerprint density at radius 1 is 1.35 bits per heavy atom. The number of hydrogen-bond acceptors (Lipinski definition) is 4. The molecule has 0 aromatic carbocycles. The van der Waals surface area contributed by atoms with E-state index in [0.29, 0.717) is 0 Å². The van der Waals surface area contributed by atoms with Gasteiger partial charge in [0.15, 0.2) is 5.78 Å². The van der Waals surface area contributed by atoms with Crippen LogP contribution in [0, 0.1) is 6.92 Å². The Labute approximate surface area is 107 Å². The van der Waals surface area contributed by atoms with Crippen LogP contribution in [0.5, 0.6) is 0 Å². The van der Waals surface area contributed by atoms with Crippen molar-refractivity contribution < 1.29 is 4.79 Å². The molecule has 2 heterocycles. The number of Topliss-reactive ketones (excluding diaryl/α,β-unsaturated/α-hetero) is 1. The summed E-state index contributed by atoms with van der Waals surface area (Å²) < 4.78 is 0. The highest BCUT2D eigenvalue weighted by molar-refractivity contribution is 7.14. The van der Waals surface area contributed by atoms with Crippen LogP contribution in [0.2, 0.25) is 0 Å². The first-order valence-electron chi connectivity index (χ1n) is 6.09. The second kappa shape index (κ2) is 4.88. The first-order chi connectivity index (χ1) is 8.01. The quantitative estimate of drug-likeness (QED) is 0.834. The van der Waals surface area contributed by atoms with Crippen molar-refractivity contribution in [3.63, 3.8) is 0 Å². The van der Waals surface area contributed by atoms with Gasteiger partial charge in [-0.05, 0) is 32.9 Å². The lowest BCUT2D eigenvalue weighted by Crippen LogP contribution is -2.56. The van der Waals surface area contributed by atoms with E-state index in [1.807, 2.05) is 32.9 Å². The minimum atomic E-state index is -0.389. The van der Waals surface area contributed by atoms with Crippen molar-refractivity contribution >= 4 is 17.1 Å². The van der Waals surface area contributed by atoms with E-state index < -0.39 is 0 Å². The van der Waals surface area contributed by atoms with Crippen LogP contribution in [0.1, 0.15) is 28.4 Å². The van der Waals surface area contributed by atoms with Gasteiger partial charge in [0.2, 0.25) is 0 Å². The molecule has 0 radical (unpaired) electrons. The summed E-state index contributed by atoms with van der Waals surface area (Å²) in [5.74, 6) is 0.248. The molecule has 1 fully saturated rings. The molecule has 1 aromatic rings. The summed E-state index contributed by atoms with van der Waals surface area (Å²) >= 11 is 1.59. The van der Waals surface area contributed by atoms with Crippen molar-refractivity contribution in [2.45, 2.75) is 26.3 Å². The van der Waals surface area contributed by atoms with E-state index in [0.717, 1.165) is 31.1 Å². The Kier molecular flexibility index (Phi) is 3.66. The zero-order valence-corrected chi connectivity index (χ0v) is 11.6. The molecule has 0 bridgehead atoms. The van der Waals surface area contributed by atoms with E-state index in [9.17, 15) is 4.79 Å². The number of hydrogen-bond donors (Lipinski definition) is 1. The number of nitrogens with one attached hydrogen (secondary N) is 1. The molecule has 0 saturated carbocycles. The Morgan fingerprint density at radius 2 is 2.00 bits per heavy atom. The number of carbonyl (C=O) groups excluding carboxylic acids is 1. The maximum atomic E-state index is 12.5. The van der Waals surface area contributed by atoms with Crippen LogP contribution in [-0.4, -0.2) is 42.4 Å². The maximum absolute atomic E-state index is 12.5. The first-order valence-corrected chi connectivity index (χ1v) is 6.90. The second-order valence-corrected chi connectivity index (χ2v) is 6.32. The van der Waals surface area contributed by atoms with Crippen molar-refractivity contribution in [3.8, 4) is 0 Å². The summed E-state index contributed by atoms with van der Waals surface area (Å²) in [6, 6.07) is 3.97. The predicted molar refractivity (Wildman–Crippen MR) is 71.9 cm³/mol. The highest BCUT2D eigenvalue weighted by atomic mass is 32.1. The molecule has 17 heavy (non-hydrogen) atoms. The van der Waals surface area contributed by atoms with Gasteiger partial charge >= 0.3 is 0 Å². The van der Waals surface area contributed by atoms with Gasteiger partial charge in [0.05, 0.1) is 10.4 Å². The first kappa shape index (κ1) is 12.7. The average molecular weight is 252 g/mol. The molecule has 1 aromatic heterocycles. The van der Waals surface area contributed by atoms with Crippen LogP contribution < -0.4 is 5.32 Å². The summed E-state index contributed by atoms with van der Waals surface area (Å²) in [6.45, 7) is 9.96. The third kappa shape index (κ3) is 2.59. The fraction of sp³-hybridized carbons (Fsp3) is 0.615. The van der Waals surface area contributed by atoms with Crippen molar-refractivity contribution in [2.24, 2.45) is 0 Å². The molecular weight excluding hydrogens is 232 g/mol. The molecule has 2 rings (SSSR count). The van der Waals surface area contributed by atoms with Crippen molar-refractivity contribution in [1.82, 2.24) is 10.2 Å². The Balaban J connectivity index is 2.16. The molecule has 4 heteroatoms. The zero-order valence-electron chi connectivity index (χ0n) is 10.7. The Hall–Kier alpha value is -0.710. The number of piperazine rings is 1. The fourth-order valence-electron chi connectivity index (χ4n) is 2.23. The van der Waals surface area contributed by atoms with Crippen molar-refractivity contribution in [3.05, 3.63) is 21.9 Å². The monoisotopic (exact) mass is 252 g/mol. The molecule has 0 aliphatic carbocycles. The van der Waals surface area contributed by atoms with Crippen molar-refractivity contribution in [2.75, 3.05) is 26.2 Å². The molecule has 0 atom stereocenters. The summed E-state index contributed by atoms with van der Waals surface area (Å²) in [5, 5.41) is 3.32. The zero-order chi connectivity index (χ0) is 12.5. The summed E-state index contributed by atoms with van der Waals surface area (Å²) in [4.78, 5) is 16.9. The van der Waals surface area contributed by atoms with Gasteiger partial charge in [-0.15, -0.1) is 11.3 Å². The minimum absolute atomic E-state index is 0.248. The average Bonchev–Trinajstić information content (AvgIpc) is 2.76. The lowest BCUT2D eigenvalue weighted by atomic mass is 9.94. The summed E-state index contributed by atoms with van der Waals surface area (Å²) in [5.41, 5.74) is -0.389. The van der Waals surface area contributed by atoms with Gasteiger partial charge in [0.1, 0.15) is 0 Å². The molecule has 1 N–H and O–H groups in total. The molecule has 1 saturated heterocycles. The lowest BCUT2D eigenvalue weighted by molar-refractivity contribution is 0.0607. The van der Waals surface area contributed by atoms with Crippen LogP contribution in [0.4, 0.5) is 0 Å². The van der Waals surface area contributed by atoms with Gasteiger partial charge < -0.3 is 5.32 Å². The van der Waals surface area contributed by atoms with E-state index in [4.69, 9.17) is 0 Å². The fourth-order valence-corrected chi connectivity index (χ4v) is 3.19. The predicted octanol–water partition coefficient (Wildman–Crippen LogP) is 1.92. The van der Waals surface area contributed by atoms with E-state index in [2.05, 4.69) is 10.2 Å². The number of nitrogens with zero attached hydrogens (tertiary/aromatic N) is 1. The SMILES string of the molecule is Cc1ccc(C(=O)C(C)(C)N2CCNCC2)s1. The number of thiophene rings is 1. The largest absolute Gasteiger partial charge is 0.314 e. The van der Waals surface area contributed by atoms with Crippen LogP contribution in [0.25, 0.3) is 0 Å². The van der Waals surface area contributed by atoms with Gasteiger partial charge in [-0.1, -0.05) is 0 Å². The van der Waals surface area contributed by atoms with Crippen LogP contribution in [-0.2, 0) is 0 Å². The molecule has 3 nitrogen and oxygen atoms in total. The van der Waals surface area contributed by atoms with E-state index >= 15 is 0 Å². The molecule has 0 amide bonds. The van der Waals surface area contributed by atoms with E-state index in [1.165, 1.54) is 4.88 Å². The molecule has 94 valence electrons. The smallest absolute Gasteiger partial charge is 0.192 e. The standard InChI is InChI=1S/C13H20N2OS/c1-10-4-5-11(17-10)12(16)13(2,3)15-8-6-14-7-9-15/h4-5,14H,6-9H2,1-3H3. The van der Waals surface area contributed by atoms with Crippen molar-refractivity contribution in [1.29, 1.82) is 0 Å². The van der Waals surface area contributed by atoms with Gasteiger partial charge in [-0.25, -0.2) is 0 Å². The summed E-state index contributed by atoms with van der Waals surface area (Å²) in [6.07, 6.45) is 0. The maximum Gasteiger partial charge on any atom is 0.192 e. The van der Waals surface area contributed by atoms with Crippen LogP contribution >= 0.6 is 11.3 Å². The minimum Gasteiger partial charge on any atom is -0.314 e. The Bertz CT molecular complexity index is 405. The number of ketones is 1. The third-order valence-electron chi connectivity index (χ3n) is 3.43. The van der Waals surface area contributed by atoms with Gasteiger partial charge in [-0.2, -0.15) is 0 Å². The lowest BCUT2D eigenvalue weighted by Gasteiger charge is -2.39. The van der Waals surface area contributed by atoms with E-state index in [1.54, 1.807) is 11.3 Å².